The molecule has 0 heterocycles. The lowest BCUT2D eigenvalue weighted by atomic mass is 10.1. The molecule has 0 bridgehead atoms. The van der Waals surface area contributed by atoms with Crippen LogP contribution in [0, 0.1) is 0 Å². The lowest BCUT2D eigenvalue weighted by Gasteiger charge is -2.18. The molecule has 224 valence electrons. The molecule has 1 atom stereocenters. The Morgan fingerprint density at radius 3 is 2.00 bits per heavy atom. The molecule has 0 fully saturated rings. The number of hydrogen-bond acceptors (Lipinski definition) is 5. The highest BCUT2D eigenvalue weighted by atomic mass is 32.2. The molecule has 0 spiro atoms. The van der Waals surface area contributed by atoms with Crippen molar-refractivity contribution < 1.29 is 19.1 Å². The van der Waals surface area contributed by atoms with E-state index in [1.165, 1.54) is 11.8 Å². The number of anilines is 2. The molecule has 5 aromatic carbocycles. The van der Waals surface area contributed by atoms with Crippen molar-refractivity contribution in [1.82, 2.24) is 5.32 Å². The molecule has 0 radical (unpaired) electrons. The second-order valence-corrected chi connectivity index (χ2v) is 11.1. The molecule has 3 amide bonds. The van der Waals surface area contributed by atoms with Gasteiger partial charge in [-0.25, -0.2) is 0 Å². The number of nitrogens with one attached hydrogen (secondary N) is 3. The van der Waals surface area contributed by atoms with Crippen LogP contribution >= 0.6 is 11.8 Å². The van der Waals surface area contributed by atoms with E-state index in [1.54, 1.807) is 73.8 Å². The van der Waals surface area contributed by atoms with Crippen LogP contribution in [0.1, 0.15) is 26.7 Å². The molecule has 0 saturated heterocycles. The van der Waals surface area contributed by atoms with E-state index in [-0.39, 0.29) is 11.6 Å². The number of ether oxygens (including phenoxy) is 1. The van der Waals surface area contributed by atoms with Crippen molar-refractivity contribution in [1.29, 1.82) is 0 Å². The minimum atomic E-state index is -0.571. The van der Waals surface area contributed by atoms with Crippen LogP contribution in [0.4, 0.5) is 11.4 Å². The summed E-state index contributed by atoms with van der Waals surface area (Å²) in [7, 11) is 1.59. The summed E-state index contributed by atoms with van der Waals surface area (Å²) in [6.07, 6.45) is 1.63. The zero-order valence-corrected chi connectivity index (χ0v) is 25.3. The van der Waals surface area contributed by atoms with Gasteiger partial charge in [0.05, 0.1) is 7.11 Å². The lowest BCUT2D eigenvalue weighted by Crippen LogP contribution is -2.30. The second-order valence-electron chi connectivity index (χ2n) is 9.90. The zero-order valence-electron chi connectivity index (χ0n) is 24.5. The molecule has 5 aromatic rings. The molecule has 1 unspecified atom stereocenters. The Kier molecular flexibility index (Phi) is 10.4. The summed E-state index contributed by atoms with van der Waals surface area (Å²) in [5.74, 6) is -0.377. The zero-order chi connectivity index (χ0) is 31.4. The minimum absolute atomic E-state index is 0.0918. The maximum absolute atomic E-state index is 13.5. The summed E-state index contributed by atoms with van der Waals surface area (Å²) in [6, 6.07) is 41.9. The molecule has 7 nitrogen and oxygen atoms in total. The highest BCUT2D eigenvalue weighted by Gasteiger charge is 2.23. The normalized spacial score (nSPS) is 11.6. The number of carbonyl (C=O) groups excluding carboxylic acids is 3. The smallest absolute Gasteiger partial charge is 0.272 e. The van der Waals surface area contributed by atoms with Gasteiger partial charge < -0.3 is 20.7 Å². The van der Waals surface area contributed by atoms with Gasteiger partial charge in [0.25, 0.3) is 11.8 Å². The standard InChI is InChI=1S/C37H31N3O4S/c1-44-31-22-20-29(21-23-31)38-37(43)34(27-14-7-3-8-15-27)45-32-19-11-18-30(25-32)39-36(42)33(24-26-12-5-2-6-13-26)40-35(41)28-16-9-4-10-17-28/h2-25,34H,1H3,(H,38,43)(H,39,42)(H,40,41)/b33-24-. The number of rotatable bonds is 11. The van der Waals surface area contributed by atoms with Gasteiger partial charge in [0.15, 0.2) is 0 Å². The van der Waals surface area contributed by atoms with Crippen molar-refractivity contribution in [2.75, 3.05) is 17.7 Å². The topological polar surface area (TPSA) is 96.5 Å². The molecule has 8 heteroatoms. The van der Waals surface area contributed by atoms with Gasteiger partial charge in [0, 0.05) is 21.8 Å². The summed E-state index contributed by atoms with van der Waals surface area (Å²) in [4.78, 5) is 40.8. The van der Waals surface area contributed by atoms with Gasteiger partial charge in [-0.3, -0.25) is 14.4 Å². The van der Waals surface area contributed by atoms with Crippen LogP contribution in [0.2, 0.25) is 0 Å². The lowest BCUT2D eigenvalue weighted by molar-refractivity contribution is -0.116. The van der Waals surface area contributed by atoms with E-state index in [9.17, 15) is 14.4 Å². The number of methoxy groups -OCH3 is 1. The van der Waals surface area contributed by atoms with Crippen molar-refractivity contribution >= 4 is 46.9 Å². The molecule has 5 rings (SSSR count). The van der Waals surface area contributed by atoms with E-state index in [0.29, 0.717) is 22.7 Å². The predicted molar refractivity (Wildman–Crippen MR) is 180 cm³/mol. The van der Waals surface area contributed by atoms with Crippen molar-refractivity contribution in [3.8, 4) is 5.75 Å². The Morgan fingerprint density at radius 2 is 1.33 bits per heavy atom. The van der Waals surface area contributed by atoms with Gasteiger partial charge in [0.1, 0.15) is 16.7 Å². The van der Waals surface area contributed by atoms with E-state index in [4.69, 9.17) is 4.74 Å². The number of amides is 3. The van der Waals surface area contributed by atoms with E-state index in [1.807, 2.05) is 78.9 Å². The summed E-state index contributed by atoms with van der Waals surface area (Å²) >= 11 is 1.36. The van der Waals surface area contributed by atoms with E-state index < -0.39 is 17.1 Å². The van der Waals surface area contributed by atoms with Gasteiger partial charge >= 0.3 is 0 Å². The maximum Gasteiger partial charge on any atom is 0.272 e. The third kappa shape index (κ3) is 8.72. The average molecular weight is 614 g/mol. The van der Waals surface area contributed by atoms with Crippen LogP contribution in [0.25, 0.3) is 6.08 Å². The third-order valence-corrected chi connectivity index (χ3v) is 7.93. The van der Waals surface area contributed by atoms with Crippen LogP contribution in [-0.4, -0.2) is 24.8 Å². The Morgan fingerprint density at radius 1 is 0.689 bits per heavy atom. The van der Waals surface area contributed by atoms with Crippen LogP contribution in [0.3, 0.4) is 0 Å². The van der Waals surface area contributed by atoms with E-state index in [0.717, 1.165) is 16.0 Å². The fourth-order valence-corrected chi connectivity index (χ4v) is 5.51. The molecule has 3 N–H and O–H groups in total. The number of benzene rings is 5. The second kappa shape index (κ2) is 15.2. The molecular weight excluding hydrogens is 582 g/mol. The van der Waals surface area contributed by atoms with Gasteiger partial charge in [-0.15, -0.1) is 11.8 Å². The molecular formula is C37H31N3O4S. The van der Waals surface area contributed by atoms with Gasteiger partial charge in [-0.05, 0) is 71.8 Å². The van der Waals surface area contributed by atoms with Crippen LogP contribution < -0.4 is 20.7 Å². The van der Waals surface area contributed by atoms with Crippen molar-refractivity contribution in [3.63, 3.8) is 0 Å². The predicted octanol–water partition coefficient (Wildman–Crippen LogP) is 7.58. The van der Waals surface area contributed by atoms with E-state index in [2.05, 4.69) is 16.0 Å². The van der Waals surface area contributed by atoms with Crippen LogP contribution in [0.5, 0.6) is 5.75 Å². The largest absolute Gasteiger partial charge is 0.497 e. The Balaban J connectivity index is 1.35. The molecule has 0 aliphatic carbocycles. The fraction of sp³-hybridized carbons (Fsp3) is 0.0541. The quantitative estimate of drug-likeness (QED) is 0.105. The maximum atomic E-state index is 13.5. The number of carbonyl (C=O) groups is 3. The first kappa shape index (κ1) is 30.8. The Labute approximate surface area is 266 Å². The molecule has 0 aliphatic rings. The summed E-state index contributed by atoms with van der Waals surface area (Å²) in [5, 5.41) is 8.09. The highest BCUT2D eigenvalue weighted by molar-refractivity contribution is 8.00. The van der Waals surface area contributed by atoms with Crippen LogP contribution in [-0.2, 0) is 9.59 Å². The summed E-state index contributed by atoms with van der Waals surface area (Å²) in [6.45, 7) is 0. The fourth-order valence-electron chi connectivity index (χ4n) is 4.42. The summed E-state index contributed by atoms with van der Waals surface area (Å²) in [5.41, 5.74) is 3.28. The molecule has 0 aliphatic heterocycles. The van der Waals surface area contributed by atoms with Crippen molar-refractivity contribution in [2.24, 2.45) is 0 Å². The minimum Gasteiger partial charge on any atom is -0.497 e. The highest BCUT2D eigenvalue weighted by Crippen LogP contribution is 2.37. The van der Waals surface area contributed by atoms with Gasteiger partial charge in [0.2, 0.25) is 5.91 Å². The SMILES string of the molecule is COc1ccc(NC(=O)C(Sc2cccc(NC(=O)/C(=C/c3ccccc3)NC(=O)c3ccccc3)c2)c2ccccc2)cc1. The monoisotopic (exact) mass is 613 g/mol. The number of thioether (sulfide) groups is 1. The Hall–Kier alpha value is -5.60. The Bertz CT molecular complexity index is 1780. The molecule has 0 aromatic heterocycles. The first-order valence-corrected chi connectivity index (χ1v) is 15.1. The van der Waals surface area contributed by atoms with E-state index >= 15 is 0 Å². The van der Waals surface area contributed by atoms with Gasteiger partial charge in [-0.1, -0.05) is 84.9 Å². The summed E-state index contributed by atoms with van der Waals surface area (Å²) < 4.78 is 5.22. The third-order valence-electron chi connectivity index (χ3n) is 6.68. The van der Waals surface area contributed by atoms with Crippen molar-refractivity contribution in [2.45, 2.75) is 10.1 Å². The average Bonchev–Trinajstić information content (AvgIpc) is 3.08. The van der Waals surface area contributed by atoms with Crippen molar-refractivity contribution in [3.05, 3.63) is 162 Å². The van der Waals surface area contributed by atoms with Gasteiger partial charge in [-0.2, -0.15) is 0 Å². The first-order chi connectivity index (χ1) is 22.0. The van der Waals surface area contributed by atoms with Crippen LogP contribution in [0.15, 0.2) is 150 Å². The molecule has 45 heavy (non-hydrogen) atoms. The first-order valence-electron chi connectivity index (χ1n) is 14.2. The number of hydrogen-bond donors (Lipinski definition) is 3. The molecule has 0 saturated carbocycles.